The molecule has 0 radical (unpaired) electrons. The highest BCUT2D eigenvalue weighted by atomic mass is 16.5. The summed E-state index contributed by atoms with van der Waals surface area (Å²) in [4.78, 5) is 4.05. The van der Waals surface area contributed by atoms with Gasteiger partial charge in [0.1, 0.15) is 0 Å². The zero-order valence-corrected chi connectivity index (χ0v) is 8.60. The largest absolute Gasteiger partial charge is 0.337 e. The van der Waals surface area contributed by atoms with E-state index in [9.17, 15) is 0 Å². The molecule has 0 aliphatic carbocycles. The van der Waals surface area contributed by atoms with E-state index in [4.69, 9.17) is 4.52 Å². The molecule has 0 saturated heterocycles. The Morgan fingerprint density at radius 2 is 2.07 bits per heavy atom. The van der Waals surface area contributed by atoms with Crippen LogP contribution in [-0.4, -0.2) is 16.7 Å². The van der Waals surface area contributed by atoms with Gasteiger partial charge >= 0.3 is 6.01 Å². The fourth-order valence-corrected chi connectivity index (χ4v) is 1.33. The molecule has 1 N–H and O–H groups in total. The first-order valence-electron chi connectivity index (χ1n) is 4.93. The van der Waals surface area contributed by atoms with E-state index in [1.165, 1.54) is 5.56 Å². The smallest absolute Gasteiger partial charge is 0.321 e. The van der Waals surface area contributed by atoms with E-state index < -0.39 is 0 Å². The van der Waals surface area contributed by atoms with Crippen molar-refractivity contribution in [3.8, 4) is 0 Å². The maximum absolute atomic E-state index is 4.93. The second-order valence-electron chi connectivity index (χ2n) is 3.31. The van der Waals surface area contributed by atoms with Gasteiger partial charge < -0.3 is 9.84 Å². The summed E-state index contributed by atoms with van der Waals surface area (Å²) >= 11 is 0. The van der Waals surface area contributed by atoms with Gasteiger partial charge in [0, 0.05) is 6.54 Å². The van der Waals surface area contributed by atoms with Gasteiger partial charge in [-0.05, 0) is 18.9 Å². The standard InChI is InChI=1S/C11H13N3O/c1-9-13-11(15-14-9)12-8-7-10-5-3-2-4-6-10/h2-6H,7-8H2,1H3,(H,12,13,14). The fourth-order valence-electron chi connectivity index (χ4n) is 1.33. The molecule has 2 aromatic rings. The lowest BCUT2D eigenvalue weighted by atomic mass is 10.1. The van der Waals surface area contributed by atoms with Crippen LogP contribution >= 0.6 is 0 Å². The molecule has 0 saturated carbocycles. The molecule has 0 spiro atoms. The molecule has 1 aromatic carbocycles. The van der Waals surface area contributed by atoms with Crippen LogP contribution in [0.5, 0.6) is 0 Å². The quantitative estimate of drug-likeness (QED) is 0.826. The van der Waals surface area contributed by atoms with Crippen molar-refractivity contribution in [3.05, 3.63) is 41.7 Å². The minimum absolute atomic E-state index is 0.489. The van der Waals surface area contributed by atoms with Crippen molar-refractivity contribution in [2.45, 2.75) is 13.3 Å². The predicted molar refractivity (Wildman–Crippen MR) is 57.7 cm³/mol. The first-order chi connectivity index (χ1) is 7.34. The molecule has 78 valence electrons. The number of nitrogens with zero attached hydrogens (tertiary/aromatic N) is 2. The number of rotatable bonds is 4. The zero-order valence-electron chi connectivity index (χ0n) is 8.60. The summed E-state index contributed by atoms with van der Waals surface area (Å²) in [5.74, 6) is 0.650. The van der Waals surface area contributed by atoms with Crippen LogP contribution in [-0.2, 0) is 6.42 Å². The van der Waals surface area contributed by atoms with E-state index in [0.717, 1.165) is 13.0 Å². The van der Waals surface area contributed by atoms with Crippen LogP contribution in [0.3, 0.4) is 0 Å². The molecule has 1 heterocycles. The van der Waals surface area contributed by atoms with E-state index >= 15 is 0 Å². The van der Waals surface area contributed by atoms with Crippen molar-refractivity contribution in [2.75, 3.05) is 11.9 Å². The first-order valence-corrected chi connectivity index (χ1v) is 4.93. The Hall–Kier alpha value is -1.84. The summed E-state index contributed by atoms with van der Waals surface area (Å²) in [6.07, 6.45) is 0.947. The molecular weight excluding hydrogens is 190 g/mol. The topological polar surface area (TPSA) is 51.0 Å². The third-order valence-corrected chi connectivity index (χ3v) is 2.06. The maximum Gasteiger partial charge on any atom is 0.321 e. The van der Waals surface area contributed by atoms with Crippen molar-refractivity contribution in [1.82, 2.24) is 10.1 Å². The normalized spacial score (nSPS) is 10.2. The van der Waals surface area contributed by atoms with Gasteiger partial charge in [0.05, 0.1) is 0 Å². The Labute approximate surface area is 88.3 Å². The highest BCUT2D eigenvalue weighted by Crippen LogP contribution is 2.03. The summed E-state index contributed by atoms with van der Waals surface area (Å²) in [6.45, 7) is 2.59. The Kier molecular flexibility index (Phi) is 2.97. The van der Waals surface area contributed by atoms with Gasteiger partial charge in [0.15, 0.2) is 5.82 Å². The lowest BCUT2D eigenvalue weighted by molar-refractivity contribution is 0.425. The van der Waals surface area contributed by atoms with Gasteiger partial charge in [-0.15, -0.1) is 0 Å². The van der Waals surface area contributed by atoms with Crippen LogP contribution < -0.4 is 5.32 Å². The SMILES string of the molecule is Cc1noc(NCCc2ccccc2)n1. The molecule has 15 heavy (non-hydrogen) atoms. The van der Waals surface area contributed by atoms with Gasteiger partial charge in [0.2, 0.25) is 0 Å². The van der Waals surface area contributed by atoms with Crippen LogP contribution in [0.2, 0.25) is 0 Å². The minimum Gasteiger partial charge on any atom is -0.337 e. The fraction of sp³-hybridized carbons (Fsp3) is 0.273. The summed E-state index contributed by atoms with van der Waals surface area (Å²) < 4.78 is 4.93. The van der Waals surface area contributed by atoms with Gasteiger partial charge in [0.25, 0.3) is 0 Å². The second-order valence-corrected chi connectivity index (χ2v) is 3.31. The molecule has 0 aliphatic heterocycles. The highest BCUT2D eigenvalue weighted by Gasteiger charge is 2.00. The number of hydrogen-bond donors (Lipinski definition) is 1. The minimum atomic E-state index is 0.489. The van der Waals surface area contributed by atoms with E-state index in [-0.39, 0.29) is 0 Å². The molecule has 4 heteroatoms. The van der Waals surface area contributed by atoms with E-state index in [2.05, 4.69) is 27.6 Å². The van der Waals surface area contributed by atoms with Crippen molar-refractivity contribution in [3.63, 3.8) is 0 Å². The van der Waals surface area contributed by atoms with Gasteiger partial charge in [-0.25, -0.2) is 0 Å². The van der Waals surface area contributed by atoms with E-state index in [1.54, 1.807) is 6.92 Å². The molecule has 0 atom stereocenters. The Morgan fingerprint density at radius 3 is 2.73 bits per heavy atom. The zero-order chi connectivity index (χ0) is 10.5. The number of anilines is 1. The summed E-state index contributed by atoms with van der Waals surface area (Å²) in [6, 6.07) is 10.8. The molecule has 0 aliphatic rings. The third-order valence-electron chi connectivity index (χ3n) is 2.06. The number of aryl methyl sites for hydroxylation is 1. The van der Waals surface area contributed by atoms with Gasteiger partial charge in [-0.3, -0.25) is 0 Å². The number of benzene rings is 1. The molecule has 0 bridgehead atoms. The Bertz CT molecular complexity index is 411. The summed E-state index contributed by atoms with van der Waals surface area (Å²) in [5, 5.41) is 6.77. The highest BCUT2D eigenvalue weighted by molar-refractivity contribution is 5.20. The summed E-state index contributed by atoms with van der Waals surface area (Å²) in [7, 11) is 0. The molecule has 4 nitrogen and oxygen atoms in total. The van der Waals surface area contributed by atoms with E-state index in [1.807, 2.05) is 18.2 Å². The molecule has 0 fully saturated rings. The average Bonchev–Trinajstić information content (AvgIpc) is 2.66. The lowest BCUT2D eigenvalue weighted by Crippen LogP contribution is -2.04. The molecule has 2 rings (SSSR count). The lowest BCUT2D eigenvalue weighted by Gasteiger charge is -2.00. The van der Waals surface area contributed by atoms with Crippen LogP contribution in [0.15, 0.2) is 34.9 Å². The van der Waals surface area contributed by atoms with Gasteiger partial charge in [-0.1, -0.05) is 35.5 Å². The molecular formula is C11H13N3O. The maximum atomic E-state index is 4.93. The second kappa shape index (κ2) is 4.59. The van der Waals surface area contributed by atoms with E-state index in [0.29, 0.717) is 11.8 Å². The van der Waals surface area contributed by atoms with Crippen LogP contribution in [0.4, 0.5) is 6.01 Å². The number of hydrogen-bond acceptors (Lipinski definition) is 4. The van der Waals surface area contributed by atoms with Crippen molar-refractivity contribution >= 4 is 6.01 Å². The van der Waals surface area contributed by atoms with Crippen molar-refractivity contribution in [2.24, 2.45) is 0 Å². The van der Waals surface area contributed by atoms with Crippen LogP contribution in [0.1, 0.15) is 11.4 Å². The third kappa shape index (κ3) is 2.80. The Balaban J connectivity index is 1.80. The predicted octanol–water partition coefficient (Wildman–Crippen LogP) is 2.03. The monoisotopic (exact) mass is 203 g/mol. The Morgan fingerprint density at radius 1 is 1.27 bits per heavy atom. The molecule has 1 aromatic heterocycles. The summed E-state index contributed by atoms with van der Waals surface area (Å²) in [5.41, 5.74) is 1.29. The van der Waals surface area contributed by atoms with Crippen LogP contribution in [0, 0.1) is 6.92 Å². The first kappa shape index (κ1) is 9.71. The van der Waals surface area contributed by atoms with Crippen LogP contribution in [0.25, 0.3) is 0 Å². The van der Waals surface area contributed by atoms with Crippen molar-refractivity contribution in [1.29, 1.82) is 0 Å². The van der Waals surface area contributed by atoms with Gasteiger partial charge in [-0.2, -0.15) is 4.98 Å². The molecule has 0 unspecified atom stereocenters. The average molecular weight is 203 g/mol. The number of nitrogens with one attached hydrogen (secondary N) is 1. The van der Waals surface area contributed by atoms with Crippen molar-refractivity contribution < 1.29 is 4.52 Å². The number of aromatic nitrogens is 2. The molecule has 0 amide bonds.